The summed E-state index contributed by atoms with van der Waals surface area (Å²) in [4.78, 5) is 34.5. The third kappa shape index (κ3) is 5.47. The van der Waals surface area contributed by atoms with Crippen LogP contribution in [0.2, 0.25) is 0 Å². The van der Waals surface area contributed by atoms with E-state index in [1.54, 1.807) is 4.90 Å². The number of likely N-dealkylation sites (tertiary alicyclic amines) is 1. The average molecular weight is 255 g/mol. The molecule has 0 aromatic carbocycles. The number of carboxylic acids is 1. The van der Waals surface area contributed by atoms with Crippen LogP contribution in [0, 0.1) is 0 Å². The van der Waals surface area contributed by atoms with Crippen molar-refractivity contribution in [1.29, 1.82) is 0 Å². The summed E-state index contributed by atoms with van der Waals surface area (Å²) in [6.07, 6.45) is 5.05. The zero-order chi connectivity index (χ0) is 13.4. The fourth-order valence-corrected chi connectivity index (χ4v) is 1.72. The average Bonchev–Trinajstić information content (AvgIpc) is 2.52. The second-order valence-electron chi connectivity index (χ2n) is 4.03. The van der Waals surface area contributed by atoms with Crippen LogP contribution in [0.5, 0.6) is 0 Å². The maximum absolute atomic E-state index is 11.6. The Morgan fingerprint density at radius 1 is 1.28 bits per heavy atom. The second kappa shape index (κ2) is 7.47. The first-order valence-electron chi connectivity index (χ1n) is 5.95. The van der Waals surface area contributed by atoms with Gasteiger partial charge in [-0.2, -0.15) is 0 Å². The maximum atomic E-state index is 11.6. The van der Waals surface area contributed by atoms with E-state index in [9.17, 15) is 14.4 Å². The summed E-state index contributed by atoms with van der Waals surface area (Å²) >= 11 is 0. The first-order chi connectivity index (χ1) is 8.59. The standard InChI is InChI=1S/C12H17NO5/c14-10-4-2-1-3-7-13(10)8-9-18-12(17)6-5-11(15)16/h5-6H,1-4,7-9H2,(H,15,16)/b6-5+. The zero-order valence-corrected chi connectivity index (χ0v) is 10.1. The lowest BCUT2D eigenvalue weighted by molar-refractivity contribution is -0.141. The molecule has 1 N–H and O–H groups in total. The van der Waals surface area contributed by atoms with Crippen molar-refractivity contribution in [3.05, 3.63) is 12.2 Å². The number of hydrogen-bond donors (Lipinski definition) is 1. The van der Waals surface area contributed by atoms with E-state index in [0.29, 0.717) is 19.5 Å². The third-order valence-electron chi connectivity index (χ3n) is 2.64. The van der Waals surface area contributed by atoms with Crippen LogP contribution in [0.4, 0.5) is 0 Å². The minimum atomic E-state index is -1.20. The highest BCUT2D eigenvalue weighted by Gasteiger charge is 2.16. The molecule has 1 amide bonds. The Hall–Kier alpha value is -1.85. The molecular formula is C12H17NO5. The van der Waals surface area contributed by atoms with E-state index < -0.39 is 11.9 Å². The van der Waals surface area contributed by atoms with E-state index in [4.69, 9.17) is 9.84 Å². The predicted molar refractivity (Wildman–Crippen MR) is 62.8 cm³/mol. The highest BCUT2D eigenvalue weighted by molar-refractivity contribution is 5.90. The summed E-state index contributed by atoms with van der Waals surface area (Å²) in [5.74, 6) is -1.82. The molecule has 0 aromatic rings. The molecule has 1 fully saturated rings. The third-order valence-corrected chi connectivity index (χ3v) is 2.64. The van der Waals surface area contributed by atoms with Gasteiger partial charge < -0.3 is 14.7 Å². The van der Waals surface area contributed by atoms with Gasteiger partial charge in [0.15, 0.2) is 0 Å². The molecule has 1 saturated heterocycles. The lowest BCUT2D eigenvalue weighted by atomic mass is 10.2. The van der Waals surface area contributed by atoms with Crippen molar-refractivity contribution >= 4 is 17.8 Å². The number of ether oxygens (including phenoxy) is 1. The fourth-order valence-electron chi connectivity index (χ4n) is 1.72. The first-order valence-corrected chi connectivity index (χ1v) is 5.95. The van der Waals surface area contributed by atoms with Gasteiger partial charge in [-0.25, -0.2) is 9.59 Å². The summed E-state index contributed by atoms with van der Waals surface area (Å²) in [5, 5.41) is 8.31. The van der Waals surface area contributed by atoms with E-state index in [2.05, 4.69) is 0 Å². The van der Waals surface area contributed by atoms with Gasteiger partial charge in [0.05, 0.1) is 6.54 Å². The Balaban J connectivity index is 2.25. The molecule has 6 nitrogen and oxygen atoms in total. The molecule has 0 spiro atoms. The molecule has 18 heavy (non-hydrogen) atoms. The molecule has 0 aliphatic carbocycles. The molecule has 0 bridgehead atoms. The summed E-state index contributed by atoms with van der Waals surface area (Å²) in [6.45, 7) is 1.15. The van der Waals surface area contributed by atoms with E-state index in [0.717, 1.165) is 31.4 Å². The quantitative estimate of drug-likeness (QED) is 0.573. The summed E-state index contributed by atoms with van der Waals surface area (Å²) < 4.78 is 4.80. The molecule has 1 aliphatic heterocycles. The Kier molecular flexibility index (Phi) is 5.90. The number of aliphatic carboxylic acids is 1. The number of nitrogens with zero attached hydrogens (tertiary/aromatic N) is 1. The molecule has 100 valence electrons. The number of hydrogen-bond acceptors (Lipinski definition) is 4. The Labute approximate surface area is 105 Å². The van der Waals surface area contributed by atoms with Crippen LogP contribution in [0.3, 0.4) is 0 Å². The Morgan fingerprint density at radius 2 is 2.06 bits per heavy atom. The summed E-state index contributed by atoms with van der Waals surface area (Å²) in [5.41, 5.74) is 0. The zero-order valence-electron chi connectivity index (χ0n) is 10.1. The van der Waals surface area contributed by atoms with Crippen LogP contribution in [0.25, 0.3) is 0 Å². The van der Waals surface area contributed by atoms with Crippen molar-refractivity contribution in [2.45, 2.75) is 25.7 Å². The van der Waals surface area contributed by atoms with Gasteiger partial charge in [0.25, 0.3) is 0 Å². The van der Waals surface area contributed by atoms with Crippen molar-refractivity contribution in [2.24, 2.45) is 0 Å². The number of carboxylic acid groups (broad SMARTS) is 1. The number of amides is 1. The minimum Gasteiger partial charge on any atom is -0.478 e. The van der Waals surface area contributed by atoms with Crippen LogP contribution in [-0.2, 0) is 19.1 Å². The smallest absolute Gasteiger partial charge is 0.331 e. The fraction of sp³-hybridized carbons (Fsp3) is 0.583. The Morgan fingerprint density at radius 3 is 2.78 bits per heavy atom. The van der Waals surface area contributed by atoms with Crippen molar-refractivity contribution in [1.82, 2.24) is 4.90 Å². The van der Waals surface area contributed by atoms with Gasteiger partial charge in [0, 0.05) is 25.1 Å². The number of carbonyl (C=O) groups excluding carboxylic acids is 2. The van der Waals surface area contributed by atoms with Crippen molar-refractivity contribution in [3.8, 4) is 0 Å². The van der Waals surface area contributed by atoms with E-state index >= 15 is 0 Å². The van der Waals surface area contributed by atoms with Crippen LogP contribution in [0.15, 0.2) is 12.2 Å². The minimum absolute atomic E-state index is 0.0876. The highest BCUT2D eigenvalue weighted by Crippen LogP contribution is 2.10. The SMILES string of the molecule is O=C(O)/C=C/C(=O)OCCN1CCCCCC1=O. The van der Waals surface area contributed by atoms with Gasteiger partial charge in [-0.15, -0.1) is 0 Å². The van der Waals surface area contributed by atoms with Crippen molar-refractivity contribution in [3.63, 3.8) is 0 Å². The lowest BCUT2D eigenvalue weighted by Crippen LogP contribution is -2.33. The lowest BCUT2D eigenvalue weighted by Gasteiger charge is -2.19. The van der Waals surface area contributed by atoms with Crippen LogP contribution in [-0.4, -0.2) is 47.5 Å². The molecule has 0 radical (unpaired) electrons. The maximum Gasteiger partial charge on any atom is 0.331 e. The highest BCUT2D eigenvalue weighted by atomic mass is 16.5. The van der Waals surface area contributed by atoms with Crippen molar-refractivity contribution < 1.29 is 24.2 Å². The van der Waals surface area contributed by atoms with E-state index in [1.165, 1.54) is 0 Å². The van der Waals surface area contributed by atoms with Gasteiger partial charge in [0.2, 0.25) is 5.91 Å². The van der Waals surface area contributed by atoms with Crippen LogP contribution in [0.1, 0.15) is 25.7 Å². The molecule has 0 saturated carbocycles. The molecular weight excluding hydrogens is 238 g/mol. The molecule has 1 rings (SSSR count). The van der Waals surface area contributed by atoms with Crippen LogP contribution >= 0.6 is 0 Å². The van der Waals surface area contributed by atoms with Gasteiger partial charge >= 0.3 is 11.9 Å². The summed E-state index contributed by atoms with van der Waals surface area (Å²) in [7, 11) is 0. The normalized spacial score (nSPS) is 16.7. The molecule has 0 atom stereocenters. The number of rotatable bonds is 5. The van der Waals surface area contributed by atoms with Gasteiger partial charge in [0.1, 0.15) is 6.61 Å². The molecule has 0 unspecified atom stereocenters. The largest absolute Gasteiger partial charge is 0.478 e. The molecule has 6 heteroatoms. The van der Waals surface area contributed by atoms with E-state index in [-0.39, 0.29) is 12.5 Å². The van der Waals surface area contributed by atoms with Gasteiger partial charge in [-0.1, -0.05) is 6.42 Å². The van der Waals surface area contributed by atoms with Gasteiger partial charge in [-0.05, 0) is 12.8 Å². The molecule has 1 aliphatic rings. The molecule has 1 heterocycles. The number of carbonyl (C=O) groups is 3. The monoisotopic (exact) mass is 255 g/mol. The topological polar surface area (TPSA) is 83.9 Å². The van der Waals surface area contributed by atoms with Gasteiger partial charge in [-0.3, -0.25) is 4.79 Å². The molecule has 0 aromatic heterocycles. The first kappa shape index (κ1) is 14.2. The predicted octanol–water partition coefficient (Wildman–Crippen LogP) is 0.573. The van der Waals surface area contributed by atoms with E-state index in [1.807, 2.05) is 0 Å². The Bertz CT molecular complexity index is 350. The summed E-state index contributed by atoms with van der Waals surface area (Å²) in [6, 6.07) is 0. The van der Waals surface area contributed by atoms with Crippen LogP contribution < -0.4 is 0 Å². The second-order valence-corrected chi connectivity index (χ2v) is 4.03. The number of esters is 1. The van der Waals surface area contributed by atoms with Crippen molar-refractivity contribution in [2.75, 3.05) is 19.7 Å².